The molecule has 2 aromatic heterocycles. The van der Waals surface area contributed by atoms with Crippen molar-refractivity contribution >= 4 is 5.82 Å². The summed E-state index contributed by atoms with van der Waals surface area (Å²) >= 11 is 0. The summed E-state index contributed by atoms with van der Waals surface area (Å²) in [6.07, 6.45) is 7.12. The second-order valence-corrected chi connectivity index (χ2v) is 4.79. The average molecular weight is 261 g/mol. The summed E-state index contributed by atoms with van der Waals surface area (Å²) in [6, 6.07) is 0.129. The first-order valence-electron chi connectivity index (χ1n) is 6.38. The minimum Gasteiger partial charge on any atom is -0.364 e. The zero-order valence-corrected chi connectivity index (χ0v) is 11.5. The predicted molar refractivity (Wildman–Crippen MR) is 74.3 cm³/mol. The second kappa shape index (κ2) is 5.69. The Hall–Kier alpha value is -2.11. The maximum absolute atomic E-state index is 12.1. The molecule has 0 atom stereocenters. The Morgan fingerprint density at radius 2 is 2.21 bits per heavy atom. The molecule has 0 aliphatic rings. The average Bonchev–Trinajstić information content (AvgIpc) is 2.77. The van der Waals surface area contributed by atoms with Crippen LogP contribution < -0.4 is 10.9 Å². The van der Waals surface area contributed by atoms with Crippen LogP contribution in [0.3, 0.4) is 0 Å². The van der Waals surface area contributed by atoms with Crippen LogP contribution in [-0.2, 0) is 6.54 Å². The van der Waals surface area contributed by atoms with E-state index < -0.39 is 0 Å². The summed E-state index contributed by atoms with van der Waals surface area (Å²) < 4.78 is 3.50. The first-order valence-corrected chi connectivity index (χ1v) is 6.38. The van der Waals surface area contributed by atoms with Crippen molar-refractivity contribution in [1.29, 1.82) is 0 Å². The predicted octanol–water partition coefficient (Wildman–Crippen LogP) is 1.44. The molecular formula is C13H19N5O. The Balaban J connectivity index is 2.00. The van der Waals surface area contributed by atoms with Gasteiger partial charge in [-0.15, -0.1) is 0 Å². The van der Waals surface area contributed by atoms with Crippen LogP contribution >= 0.6 is 0 Å². The molecule has 0 unspecified atom stereocenters. The van der Waals surface area contributed by atoms with Crippen molar-refractivity contribution in [3.63, 3.8) is 0 Å². The zero-order valence-electron chi connectivity index (χ0n) is 11.5. The van der Waals surface area contributed by atoms with Crippen LogP contribution in [0.15, 0.2) is 29.6 Å². The number of hydrogen-bond donors (Lipinski definition) is 1. The number of aromatic nitrogens is 4. The lowest BCUT2D eigenvalue weighted by atomic mass is 10.4. The molecule has 2 rings (SSSR count). The highest BCUT2D eigenvalue weighted by Crippen LogP contribution is 2.01. The van der Waals surface area contributed by atoms with Crippen LogP contribution in [-0.4, -0.2) is 25.9 Å². The summed E-state index contributed by atoms with van der Waals surface area (Å²) in [6.45, 7) is 7.25. The zero-order chi connectivity index (χ0) is 13.8. The van der Waals surface area contributed by atoms with Crippen molar-refractivity contribution in [2.45, 2.75) is 33.4 Å². The van der Waals surface area contributed by atoms with E-state index in [0.29, 0.717) is 18.9 Å². The minimum absolute atomic E-state index is 0.0888. The fourth-order valence-corrected chi connectivity index (χ4v) is 1.83. The van der Waals surface area contributed by atoms with E-state index in [1.54, 1.807) is 17.0 Å². The summed E-state index contributed by atoms with van der Waals surface area (Å²) in [4.78, 5) is 16.2. The van der Waals surface area contributed by atoms with Crippen molar-refractivity contribution in [3.8, 4) is 0 Å². The van der Waals surface area contributed by atoms with Crippen LogP contribution in [0.4, 0.5) is 5.82 Å². The lowest BCUT2D eigenvalue weighted by Gasteiger charge is -2.11. The van der Waals surface area contributed by atoms with Gasteiger partial charge >= 0.3 is 0 Å². The Bertz CT molecular complexity index is 599. The van der Waals surface area contributed by atoms with Gasteiger partial charge < -0.3 is 9.88 Å². The molecule has 6 heteroatoms. The largest absolute Gasteiger partial charge is 0.364 e. The lowest BCUT2D eigenvalue weighted by Crippen LogP contribution is -2.26. The topological polar surface area (TPSA) is 64.7 Å². The summed E-state index contributed by atoms with van der Waals surface area (Å²) in [5.74, 6) is 0.389. The van der Waals surface area contributed by atoms with Gasteiger partial charge in [-0.25, -0.2) is 4.98 Å². The SMILES string of the molecule is Cc1cnn(CCNc2nccn(C(C)C)c2=O)c1. The molecule has 2 aromatic rings. The van der Waals surface area contributed by atoms with Gasteiger partial charge in [-0.3, -0.25) is 9.48 Å². The maximum Gasteiger partial charge on any atom is 0.293 e. The molecule has 0 aromatic carbocycles. The molecule has 0 saturated carbocycles. The highest BCUT2D eigenvalue weighted by atomic mass is 16.1. The van der Waals surface area contributed by atoms with Crippen molar-refractivity contribution < 1.29 is 0 Å². The molecule has 0 aliphatic heterocycles. The van der Waals surface area contributed by atoms with Gasteiger partial charge in [0.25, 0.3) is 5.56 Å². The summed E-state index contributed by atoms with van der Waals surface area (Å²) in [7, 11) is 0. The maximum atomic E-state index is 12.1. The van der Waals surface area contributed by atoms with Gasteiger partial charge in [0.05, 0.1) is 12.7 Å². The van der Waals surface area contributed by atoms with Gasteiger partial charge in [0.15, 0.2) is 5.82 Å². The van der Waals surface area contributed by atoms with Crippen molar-refractivity contribution in [1.82, 2.24) is 19.3 Å². The van der Waals surface area contributed by atoms with Crippen molar-refractivity contribution in [2.24, 2.45) is 0 Å². The highest BCUT2D eigenvalue weighted by Gasteiger charge is 2.06. The Morgan fingerprint density at radius 1 is 1.42 bits per heavy atom. The molecule has 0 fully saturated rings. The molecule has 0 spiro atoms. The second-order valence-electron chi connectivity index (χ2n) is 4.79. The van der Waals surface area contributed by atoms with E-state index in [0.717, 1.165) is 5.56 Å². The van der Waals surface area contributed by atoms with Crippen LogP contribution in [0.5, 0.6) is 0 Å². The molecule has 0 saturated heterocycles. The van der Waals surface area contributed by atoms with E-state index in [1.165, 1.54) is 0 Å². The number of rotatable bonds is 5. The molecule has 2 heterocycles. The Morgan fingerprint density at radius 3 is 2.84 bits per heavy atom. The number of anilines is 1. The van der Waals surface area contributed by atoms with Gasteiger partial charge in [0.2, 0.25) is 0 Å². The van der Waals surface area contributed by atoms with Crippen molar-refractivity contribution in [3.05, 3.63) is 40.7 Å². The molecule has 6 nitrogen and oxygen atoms in total. The molecule has 19 heavy (non-hydrogen) atoms. The molecule has 102 valence electrons. The van der Waals surface area contributed by atoms with Crippen LogP contribution in [0.1, 0.15) is 25.5 Å². The van der Waals surface area contributed by atoms with Gasteiger partial charge in [-0.05, 0) is 26.3 Å². The molecule has 0 radical (unpaired) electrons. The number of nitrogens with zero attached hydrogens (tertiary/aromatic N) is 4. The van der Waals surface area contributed by atoms with Gasteiger partial charge in [0, 0.05) is 31.2 Å². The number of aryl methyl sites for hydroxylation is 1. The summed E-state index contributed by atoms with van der Waals surface area (Å²) in [5.41, 5.74) is 1.04. The van der Waals surface area contributed by atoms with Gasteiger partial charge in [0.1, 0.15) is 0 Å². The fourth-order valence-electron chi connectivity index (χ4n) is 1.83. The smallest absolute Gasteiger partial charge is 0.293 e. The normalized spacial score (nSPS) is 10.9. The molecule has 0 aliphatic carbocycles. The number of nitrogens with one attached hydrogen (secondary N) is 1. The van der Waals surface area contributed by atoms with E-state index in [-0.39, 0.29) is 11.6 Å². The van der Waals surface area contributed by atoms with Crippen LogP contribution in [0.2, 0.25) is 0 Å². The van der Waals surface area contributed by atoms with Gasteiger partial charge in [-0.2, -0.15) is 5.10 Å². The first kappa shape index (κ1) is 13.3. The van der Waals surface area contributed by atoms with E-state index >= 15 is 0 Å². The van der Waals surface area contributed by atoms with Crippen LogP contribution in [0, 0.1) is 6.92 Å². The standard InChI is InChI=1S/C13H19N5O/c1-10(2)18-7-5-15-12(13(18)19)14-4-6-17-9-11(3)8-16-17/h5,7-10H,4,6H2,1-3H3,(H,14,15). The first-order chi connectivity index (χ1) is 9.08. The Labute approximate surface area is 112 Å². The Kier molecular flexibility index (Phi) is 3.99. The fraction of sp³-hybridized carbons (Fsp3) is 0.462. The van der Waals surface area contributed by atoms with E-state index in [9.17, 15) is 4.79 Å². The number of hydrogen-bond acceptors (Lipinski definition) is 4. The third-order valence-electron chi connectivity index (χ3n) is 2.82. The molecule has 0 bridgehead atoms. The minimum atomic E-state index is -0.0888. The van der Waals surface area contributed by atoms with Crippen molar-refractivity contribution in [2.75, 3.05) is 11.9 Å². The molecular weight excluding hydrogens is 242 g/mol. The quantitative estimate of drug-likeness (QED) is 0.884. The van der Waals surface area contributed by atoms with E-state index in [1.807, 2.05) is 37.8 Å². The van der Waals surface area contributed by atoms with E-state index in [2.05, 4.69) is 15.4 Å². The third kappa shape index (κ3) is 3.21. The highest BCUT2D eigenvalue weighted by molar-refractivity contribution is 5.30. The monoisotopic (exact) mass is 261 g/mol. The molecule has 0 amide bonds. The van der Waals surface area contributed by atoms with E-state index in [4.69, 9.17) is 0 Å². The van der Waals surface area contributed by atoms with Gasteiger partial charge in [-0.1, -0.05) is 0 Å². The summed E-state index contributed by atoms with van der Waals surface area (Å²) in [5, 5.41) is 7.25. The lowest BCUT2D eigenvalue weighted by molar-refractivity contribution is 0.574. The third-order valence-corrected chi connectivity index (χ3v) is 2.82. The molecule has 1 N–H and O–H groups in total. The van der Waals surface area contributed by atoms with Crippen LogP contribution in [0.25, 0.3) is 0 Å².